The van der Waals surface area contributed by atoms with Gasteiger partial charge in [0.15, 0.2) is 5.75 Å². The number of ether oxygens (including phenoxy) is 4. The van der Waals surface area contributed by atoms with E-state index in [1.54, 1.807) is 55.7 Å². The average Bonchev–Trinajstić information content (AvgIpc) is 3.19. The number of pyridine rings is 1. The Balaban J connectivity index is 0.933. The van der Waals surface area contributed by atoms with Crippen molar-refractivity contribution < 1.29 is 28.7 Å². The van der Waals surface area contributed by atoms with Crippen molar-refractivity contribution in [3.63, 3.8) is 0 Å². The Hall–Kier alpha value is -5.91. The Morgan fingerprint density at radius 3 is 2.28 bits per heavy atom. The van der Waals surface area contributed by atoms with Gasteiger partial charge in [0.1, 0.15) is 23.9 Å². The van der Waals surface area contributed by atoms with Gasteiger partial charge in [-0.3, -0.25) is 19.8 Å². The molecule has 1 fully saturated rings. The second kappa shape index (κ2) is 18.2. The van der Waals surface area contributed by atoms with Crippen LogP contribution in [0.1, 0.15) is 27.8 Å². The van der Waals surface area contributed by atoms with Gasteiger partial charge in [-0.2, -0.15) is 0 Å². The Kier molecular flexibility index (Phi) is 12.8. The number of aryl methyl sites for hydroxylation is 1. The van der Waals surface area contributed by atoms with Crippen molar-refractivity contribution in [1.82, 2.24) is 14.8 Å². The largest absolute Gasteiger partial charge is 0.497 e. The third kappa shape index (κ3) is 10.4. The van der Waals surface area contributed by atoms with Gasteiger partial charge in [0.2, 0.25) is 11.8 Å². The van der Waals surface area contributed by atoms with Gasteiger partial charge in [-0.25, -0.2) is 4.98 Å². The number of methoxy groups -OCH3 is 1. The number of nitro benzene ring substituents is 1. The van der Waals surface area contributed by atoms with Gasteiger partial charge in [-0.05, 0) is 83.8 Å². The number of hydrogen-bond acceptors (Lipinski definition) is 9. The van der Waals surface area contributed by atoms with Crippen molar-refractivity contribution in [3.05, 3.63) is 152 Å². The number of para-hydroxylation sites is 1. The zero-order valence-corrected chi connectivity index (χ0v) is 30.9. The standard InChI is InChI=1S/C42H41ClN4O7/c1-30-25-33(26-38(43)42(30)54-40-17-16-37(27-44-40)53-29-34-5-3-4-6-39(34)47(49)50)11-18-41(48)46-22-20-45(21-23-46)28-32-9-7-31(8-10-32)19-24-52-36-14-12-35(51-2)13-15-36/h3-18,25-27H,19-24,28-29H2,1-2H3. The number of carbonyl (C=O) groups is 1. The van der Waals surface area contributed by atoms with Crippen LogP contribution in [-0.4, -0.2) is 65.5 Å². The highest BCUT2D eigenvalue weighted by Crippen LogP contribution is 2.34. The summed E-state index contributed by atoms with van der Waals surface area (Å²) in [5, 5.41) is 11.6. The molecule has 54 heavy (non-hydrogen) atoms. The van der Waals surface area contributed by atoms with E-state index in [1.165, 1.54) is 23.4 Å². The van der Waals surface area contributed by atoms with Gasteiger partial charge in [0.05, 0.1) is 35.4 Å². The molecule has 12 heteroatoms. The van der Waals surface area contributed by atoms with E-state index in [4.69, 9.17) is 30.5 Å². The Morgan fingerprint density at radius 2 is 1.59 bits per heavy atom. The SMILES string of the molecule is COc1ccc(OCCc2ccc(CN3CCN(C(=O)C=Cc4cc(C)c(Oc5ccc(OCc6ccccc6[N+](=O)[O-])cn5)c(Cl)c4)CC3)cc2)cc1. The highest BCUT2D eigenvalue weighted by Gasteiger charge is 2.20. The van der Waals surface area contributed by atoms with Gasteiger partial charge < -0.3 is 23.8 Å². The molecule has 4 aromatic carbocycles. The molecule has 0 bridgehead atoms. The lowest BCUT2D eigenvalue weighted by Gasteiger charge is -2.34. The van der Waals surface area contributed by atoms with Gasteiger partial charge in [0.25, 0.3) is 5.69 Å². The van der Waals surface area contributed by atoms with Crippen molar-refractivity contribution in [2.45, 2.75) is 26.5 Å². The Bertz CT molecular complexity index is 2040. The Labute approximate surface area is 319 Å². The molecule has 5 aromatic rings. The number of nitro groups is 1. The number of nitrogens with zero attached hydrogens (tertiary/aromatic N) is 4. The first-order valence-electron chi connectivity index (χ1n) is 17.6. The molecule has 0 unspecified atom stereocenters. The highest BCUT2D eigenvalue weighted by atomic mass is 35.5. The number of carbonyl (C=O) groups excluding carboxylic acids is 1. The molecule has 0 radical (unpaired) electrons. The first kappa shape index (κ1) is 37.8. The third-order valence-electron chi connectivity index (χ3n) is 9.00. The van der Waals surface area contributed by atoms with E-state index < -0.39 is 4.92 Å². The van der Waals surface area contributed by atoms with Gasteiger partial charge in [-0.1, -0.05) is 48.0 Å². The van der Waals surface area contributed by atoms with Gasteiger partial charge >= 0.3 is 0 Å². The van der Waals surface area contributed by atoms with Crippen LogP contribution in [0.2, 0.25) is 5.02 Å². The lowest BCUT2D eigenvalue weighted by atomic mass is 10.1. The summed E-state index contributed by atoms with van der Waals surface area (Å²) >= 11 is 6.61. The van der Waals surface area contributed by atoms with Crippen LogP contribution in [0, 0.1) is 17.0 Å². The number of amides is 1. The molecule has 11 nitrogen and oxygen atoms in total. The van der Waals surface area contributed by atoms with Crippen LogP contribution in [0.15, 0.2) is 109 Å². The normalized spacial score (nSPS) is 13.1. The highest BCUT2D eigenvalue weighted by molar-refractivity contribution is 6.32. The van der Waals surface area contributed by atoms with Crippen molar-refractivity contribution in [2.75, 3.05) is 39.9 Å². The van der Waals surface area contributed by atoms with E-state index in [2.05, 4.69) is 34.1 Å². The van der Waals surface area contributed by atoms with Crippen molar-refractivity contribution in [2.24, 2.45) is 0 Å². The number of piperazine rings is 1. The molecular weight excluding hydrogens is 708 g/mol. The van der Waals surface area contributed by atoms with Crippen molar-refractivity contribution in [3.8, 4) is 28.9 Å². The minimum atomic E-state index is -0.437. The smallest absolute Gasteiger partial charge is 0.276 e. The number of aromatic nitrogens is 1. The zero-order chi connectivity index (χ0) is 37.9. The van der Waals surface area contributed by atoms with E-state index in [9.17, 15) is 14.9 Å². The Morgan fingerprint density at radius 1 is 0.889 bits per heavy atom. The molecular formula is C42H41ClN4O7. The number of benzene rings is 4. The fraction of sp³-hybridized carbons (Fsp3) is 0.238. The average molecular weight is 749 g/mol. The summed E-state index contributed by atoms with van der Waals surface area (Å²) in [4.78, 5) is 32.4. The molecule has 1 amide bonds. The molecule has 1 saturated heterocycles. The summed E-state index contributed by atoms with van der Waals surface area (Å²) < 4.78 is 22.7. The van der Waals surface area contributed by atoms with Crippen LogP contribution >= 0.6 is 11.6 Å². The molecule has 0 aliphatic carbocycles. The fourth-order valence-corrected chi connectivity index (χ4v) is 6.31. The minimum Gasteiger partial charge on any atom is -0.497 e. The van der Waals surface area contributed by atoms with Crippen LogP contribution in [0.3, 0.4) is 0 Å². The predicted molar refractivity (Wildman–Crippen MR) is 207 cm³/mol. The minimum absolute atomic E-state index is 0.00422. The number of halogens is 1. The van der Waals surface area contributed by atoms with Crippen LogP contribution in [0.25, 0.3) is 6.08 Å². The third-order valence-corrected chi connectivity index (χ3v) is 9.28. The van der Waals surface area contributed by atoms with Crippen molar-refractivity contribution >= 4 is 29.3 Å². The summed E-state index contributed by atoms with van der Waals surface area (Å²) in [6, 6.07) is 29.6. The molecule has 1 aliphatic rings. The fourth-order valence-electron chi connectivity index (χ4n) is 6.00. The van der Waals surface area contributed by atoms with Gasteiger partial charge in [0, 0.05) is 57.4 Å². The number of hydrogen-bond donors (Lipinski definition) is 0. The molecule has 2 heterocycles. The van der Waals surface area contributed by atoms with E-state index in [0.29, 0.717) is 47.7 Å². The van der Waals surface area contributed by atoms with Crippen molar-refractivity contribution in [1.29, 1.82) is 0 Å². The lowest BCUT2D eigenvalue weighted by Crippen LogP contribution is -2.47. The van der Waals surface area contributed by atoms with Gasteiger partial charge in [-0.15, -0.1) is 0 Å². The monoisotopic (exact) mass is 748 g/mol. The summed E-state index contributed by atoms with van der Waals surface area (Å²) in [7, 11) is 1.65. The molecule has 0 spiro atoms. The summed E-state index contributed by atoms with van der Waals surface area (Å²) in [6.07, 6.45) is 5.66. The lowest BCUT2D eigenvalue weighted by molar-refractivity contribution is -0.385. The second-order valence-electron chi connectivity index (χ2n) is 12.8. The first-order chi connectivity index (χ1) is 26.2. The zero-order valence-electron chi connectivity index (χ0n) is 30.2. The van der Waals surface area contributed by atoms with Crippen LogP contribution in [0.4, 0.5) is 5.69 Å². The van der Waals surface area contributed by atoms with Crippen LogP contribution in [-0.2, 0) is 24.4 Å². The predicted octanol–water partition coefficient (Wildman–Crippen LogP) is 8.31. The topological polar surface area (TPSA) is 117 Å². The van der Waals surface area contributed by atoms with Crippen LogP contribution in [0.5, 0.6) is 28.9 Å². The van der Waals surface area contributed by atoms with E-state index in [-0.39, 0.29) is 18.2 Å². The molecule has 278 valence electrons. The molecule has 1 aliphatic heterocycles. The summed E-state index contributed by atoms with van der Waals surface area (Å²) in [6.45, 7) is 6.23. The maximum atomic E-state index is 13.1. The summed E-state index contributed by atoms with van der Waals surface area (Å²) in [5.74, 6) is 2.78. The second-order valence-corrected chi connectivity index (χ2v) is 13.2. The first-order valence-corrected chi connectivity index (χ1v) is 17.9. The maximum absolute atomic E-state index is 13.1. The van der Waals surface area contributed by atoms with Crippen LogP contribution < -0.4 is 18.9 Å². The molecule has 6 rings (SSSR count). The van der Waals surface area contributed by atoms with E-state index in [1.807, 2.05) is 42.2 Å². The van der Waals surface area contributed by atoms with E-state index in [0.717, 1.165) is 48.7 Å². The molecule has 0 saturated carbocycles. The maximum Gasteiger partial charge on any atom is 0.276 e. The molecule has 1 aromatic heterocycles. The quantitative estimate of drug-likeness (QED) is 0.0592. The molecule has 0 atom stereocenters. The molecule has 0 N–H and O–H groups in total. The summed E-state index contributed by atoms with van der Waals surface area (Å²) in [5.41, 5.74) is 4.47. The number of rotatable bonds is 15. The van der Waals surface area contributed by atoms with E-state index >= 15 is 0 Å².